The van der Waals surface area contributed by atoms with Crippen molar-refractivity contribution in [1.82, 2.24) is 0 Å². The van der Waals surface area contributed by atoms with E-state index in [1.165, 1.54) is 0 Å². The van der Waals surface area contributed by atoms with Gasteiger partial charge in [-0.3, -0.25) is 4.79 Å². The van der Waals surface area contributed by atoms with Gasteiger partial charge in [0.1, 0.15) is 17.3 Å². The van der Waals surface area contributed by atoms with Gasteiger partial charge in [-0.25, -0.2) is 0 Å². The first-order valence-electron chi connectivity index (χ1n) is 4.67. The summed E-state index contributed by atoms with van der Waals surface area (Å²) in [5, 5.41) is 20.0. The molecule has 1 aliphatic heterocycles. The molecule has 0 bridgehead atoms. The van der Waals surface area contributed by atoms with Gasteiger partial charge >= 0.3 is 0 Å². The Morgan fingerprint density at radius 1 is 1.71 bits per heavy atom. The number of aliphatic hydroxyl groups is 2. The van der Waals surface area contributed by atoms with Gasteiger partial charge in [-0.2, -0.15) is 0 Å². The molecule has 1 saturated heterocycles. The van der Waals surface area contributed by atoms with E-state index in [9.17, 15) is 15.0 Å². The summed E-state index contributed by atoms with van der Waals surface area (Å²) in [6, 6.07) is 0. The minimum atomic E-state index is -1.59. The van der Waals surface area contributed by atoms with E-state index < -0.39 is 17.3 Å². The van der Waals surface area contributed by atoms with Crippen LogP contribution in [0.1, 0.15) is 19.8 Å². The summed E-state index contributed by atoms with van der Waals surface area (Å²) in [4.78, 5) is 11.3. The van der Waals surface area contributed by atoms with Crippen molar-refractivity contribution >= 4 is 5.78 Å². The van der Waals surface area contributed by atoms with Crippen LogP contribution in [0.5, 0.6) is 0 Å². The number of carbonyl (C=O) groups excluding carboxylic acids is 1. The van der Waals surface area contributed by atoms with Gasteiger partial charge in [-0.1, -0.05) is 6.58 Å². The topological polar surface area (TPSA) is 70.1 Å². The van der Waals surface area contributed by atoms with Crippen LogP contribution in [0.4, 0.5) is 0 Å². The fraction of sp³-hybridized carbons (Fsp3) is 0.700. The zero-order chi connectivity index (χ0) is 10.6. The molecule has 4 nitrogen and oxygen atoms in total. The molecule has 2 rings (SSSR count). The average molecular weight is 198 g/mol. The van der Waals surface area contributed by atoms with Crippen molar-refractivity contribution in [3.05, 3.63) is 12.2 Å². The molecule has 3 unspecified atom stereocenters. The summed E-state index contributed by atoms with van der Waals surface area (Å²) in [7, 11) is 0. The normalized spacial score (nSPS) is 46.8. The highest BCUT2D eigenvalue weighted by atomic mass is 16.6. The van der Waals surface area contributed by atoms with Gasteiger partial charge in [0, 0.05) is 6.42 Å². The van der Waals surface area contributed by atoms with Gasteiger partial charge < -0.3 is 14.9 Å². The molecule has 0 radical (unpaired) electrons. The maximum Gasteiger partial charge on any atom is 0.164 e. The number of rotatable bonds is 1. The zero-order valence-corrected chi connectivity index (χ0v) is 8.12. The monoisotopic (exact) mass is 198 g/mol. The molecule has 1 spiro atoms. The van der Waals surface area contributed by atoms with Crippen LogP contribution in [0.25, 0.3) is 0 Å². The van der Waals surface area contributed by atoms with Crippen LogP contribution in [0.2, 0.25) is 0 Å². The summed E-state index contributed by atoms with van der Waals surface area (Å²) in [5.41, 5.74) is -1.97. The standard InChI is InChI=1S/C10H14O4/c1-6(2)10(13)8(12)7(11)3-4-9(10)5-14-9/h8,12-13H,1,3-5H2,2H3. The molecular weight excluding hydrogens is 184 g/mol. The molecule has 0 aromatic carbocycles. The van der Waals surface area contributed by atoms with Crippen molar-refractivity contribution < 1.29 is 19.7 Å². The van der Waals surface area contributed by atoms with Crippen molar-refractivity contribution in [2.24, 2.45) is 0 Å². The Morgan fingerprint density at radius 3 is 2.71 bits per heavy atom. The summed E-state index contributed by atoms with van der Waals surface area (Å²) in [6.45, 7) is 5.62. The second kappa shape index (κ2) is 2.66. The highest BCUT2D eigenvalue weighted by Crippen LogP contribution is 2.50. The highest BCUT2D eigenvalue weighted by molar-refractivity contribution is 5.86. The lowest BCUT2D eigenvalue weighted by molar-refractivity contribution is -0.157. The molecule has 2 N–H and O–H groups in total. The van der Waals surface area contributed by atoms with Gasteiger partial charge in [-0.05, 0) is 18.9 Å². The van der Waals surface area contributed by atoms with Gasteiger partial charge in [0.15, 0.2) is 5.78 Å². The van der Waals surface area contributed by atoms with E-state index in [0.29, 0.717) is 18.6 Å². The van der Waals surface area contributed by atoms with Crippen LogP contribution < -0.4 is 0 Å². The van der Waals surface area contributed by atoms with E-state index >= 15 is 0 Å². The molecule has 1 heterocycles. The first kappa shape index (κ1) is 9.83. The largest absolute Gasteiger partial charge is 0.382 e. The lowest BCUT2D eigenvalue weighted by Gasteiger charge is -2.41. The van der Waals surface area contributed by atoms with E-state index in [-0.39, 0.29) is 12.2 Å². The summed E-state index contributed by atoms with van der Waals surface area (Å²) in [5.74, 6) is -0.336. The lowest BCUT2D eigenvalue weighted by Crippen LogP contribution is -2.61. The smallest absolute Gasteiger partial charge is 0.164 e. The van der Waals surface area contributed by atoms with E-state index in [4.69, 9.17) is 4.74 Å². The fourth-order valence-corrected chi connectivity index (χ4v) is 2.21. The van der Waals surface area contributed by atoms with Crippen molar-refractivity contribution in [3.8, 4) is 0 Å². The number of ketones is 1. The Bertz CT molecular complexity index is 305. The van der Waals surface area contributed by atoms with E-state index in [0.717, 1.165) is 0 Å². The third-order valence-electron chi connectivity index (χ3n) is 3.31. The number of hydrogen-bond acceptors (Lipinski definition) is 4. The molecule has 3 atom stereocenters. The van der Waals surface area contributed by atoms with Crippen molar-refractivity contribution in [2.45, 2.75) is 37.1 Å². The third-order valence-corrected chi connectivity index (χ3v) is 3.31. The van der Waals surface area contributed by atoms with Crippen molar-refractivity contribution in [2.75, 3.05) is 6.61 Å². The van der Waals surface area contributed by atoms with Gasteiger partial charge in [0.05, 0.1) is 6.61 Å². The van der Waals surface area contributed by atoms with E-state index in [1.54, 1.807) is 6.92 Å². The molecule has 0 aromatic rings. The van der Waals surface area contributed by atoms with Crippen LogP contribution >= 0.6 is 0 Å². The van der Waals surface area contributed by atoms with Crippen LogP contribution in [0.15, 0.2) is 12.2 Å². The molecular formula is C10H14O4. The maximum absolute atomic E-state index is 11.3. The van der Waals surface area contributed by atoms with Gasteiger partial charge in [0.25, 0.3) is 0 Å². The molecule has 78 valence electrons. The minimum Gasteiger partial charge on any atom is -0.382 e. The number of ether oxygens (including phenoxy) is 1. The maximum atomic E-state index is 11.3. The van der Waals surface area contributed by atoms with Crippen LogP contribution in [0, 0.1) is 0 Å². The number of aliphatic hydroxyl groups excluding tert-OH is 1. The second-order valence-electron chi connectivity index (χ2n) is 4.20. The molecule has 2 fully saturated rings. The molecule has 0 amide bonds. The Morgan fingerprint density at radius 2 is 2.29 bits per heavy atom. The number of hydrogen-bond donors (Lipinski definition) is 2. The molecule has 2 aliphatic rings. The molecule has 1 aliphatic carbocycles. The quantitative estimate of drug-likeness (QED) is 0.451. The second-order valence-corrected chi connectivity index (χ2v) is 4.20. The SMILES string of the molecule is C=C(C)C1(O)C(O)C(=O)CCC12CO2. The Kier molecular flexibility index (Phi) is 1.86. The van der Waals surface area contributed by atoms with E-state index in [2.05, 4.69) is 6.58 Å². The zero-order valence-electron chi connectivity index (χ0n) is 8.12. The highest BCUT2D eigenvalue weighted by Gasteiger charge is 2.68. The number of epoxide rings is 1. The third kappa shape index (κ3) is 0.960. The van der Waals surface area contributed by atoms with Crippen molar-refractivity contribution in [3.63, 3.8) is 0 Å². The molecule has 4 heteroatoms. The first-order chi connectivity index (χ1) is 6.44. The number of Topliss-reactive ketones (excluding diaryl/α,β-unsaturated/α-hetero) is 1. The van der Waals surface area contributed by atoms with E-state index in [1.807, 2.05) is 0 Å². The molecule has 14 heavy (non-hydrogen) atoms. The Labute approximate surface area is 82.2 Å². The van der Waals surface area contributed by atoms with Gasteiger partial charge in [0.2, 0.25) is 0 Å². The summed E-state index contributed by atoms with van der Waals surface area (Å²) >= 11 is 0. The van der Waals surface area contributed by atoms with Crippen LogP contribution in [-0.4, -0.2) is 39.9 Å². The first-order valence-corrected chi connectivity index (χ1v) is 4.67. The predicted octanol–water partition coefficient (Wildman–Crippen LogP) is -0.214. The summed E-state index contributed by atoms with van der Waals surface area (Å²) in [6.07, 6.45) is -0.667. The number of carbonyl (C=O) groups is 1. The Hall–Kier alpha value is -0.710. The van der Waals surface area contributed by atoms with Gasteiger partial charge in [-0.15, -0.1) is 0 Å². The minimum absolute atomic E-state index is 0.261. The average Bonchev–Trinajstić information content (AvgIpc) is 2.90. The molecule has 0 aromatic heterocycles. The predicted molar refractivity (Wildman–Crippen MR) is 48.7 cm³/mol. The van der Waals surface area contributed by atoms with Crippen molar-refractivity contribution in [1.29, 1.82) is 0 Å². The fourth-order valence-electron chi connectivity index (χ4n) is 2.21. The Balaban J connectivity index is 2.41. The van der Waals surface area contributed by atoms with Crippen LogP contribution in [-0.2, 0) is 9.53 Å². The lowest BCUT2D eigenvalue weighted by atomic mass is 9.69. The molecule has 1 saturated carbocycles. The summed E-state index contributed by atoms with van der Waals surface area (Å²) < 4.78 is 5.21. The van der Waals surface area contributed by atoms with Crippen LogP contribution in [0.3, 0.4) is 0 Å².